The molecule has 0 bridgehead atoms. The third-order valence-electron chi connectivity index (χ3n) is 5.14. The third-order valence-corrected chi connectivity index (χ3v) is 5.49. The SMILES string of the molecule is COCCN1C(=S)N[C@@H](c2ccccn2)[C@H]1c1cccn1-c1cccc([N+](=O)[O-])c1. The van der Waals surface area contributed by atoms with E-state index in [9.17, 15) is 10.1 Å². The lowest BCUT2D eigenvalue weighted by molar-refractivity contribution is -0.384. The molecule has 4 rings (SSSR count). The van der Waals surface area contributed by atoms with Crippen LogP contribution in [0.3, 0.4) is 0 Å². The van der Waals surface area contributed by atoms with Crippen LogP contribution in [-0.2, 0) is 4.74 Å². The largest absolute Gasteiger partial charge is 0.383 e. The number of methoxy groups -OCH3 is 1. The molecule has 1 saturated heterocycles. The predicted molar refractivity (Wildman–Crippen MR) is 116 cm³/mol. The molecule has 3 heterocycles. The van der Waals surface area contributed by atoms with Crippen molar-refractivity contribution in [1.29, 1.82) is 0 Å². The van der Waals surface area contributed by atoms with E-state index < -0.39 is 0 Å². The number of hydrogen-bond acceptors (Lipinski definition) is 5. The Balaban J connectivity index is 1.79. The summed E-state index contributed by atoms with van der Waals surface area (Å²) in [5.41, 5.74) is 2.59. The van der Waals surface area contributed by atoms with E-state index in [0.29, 0.717) is 24.0 Å². The molecule has 0 unspecified atom stereocenters. The monoisotopic (exact) mass is 423 g/mol. The number of ether oxygens (including phenoxy) is 1. The molecule has 1 aliphatic rings. The number of pyridine rings is 1. The Morgan fingerprint density at radius 1 is 1.23 bits per heavy atom. The first kappa shape index (κ1) is 20.0. The Morgan fingerprint density at radius 3 is 2.83 bits per heavy atom. The molecule has 8 nitrogen and oxygen atoms in total. The summed E-state index contributed by atoms with van der Waals surface area (Å²) in [4.78, 5) is 17.5. The van der Waals surface area contributed by atoms with Crippen LogP contribution in [0.25, 0.3) is 5.69 Å². The van der Waals surface area contributed by atoms with Crippen molar-refractivity contribution >= 4 is 23.0 Å². The van der Waals surface area contributed by atoms with Gasteiger partial charge < -0.3 is 19.5 Å². The molecule has 0 amide bonds. The third kappa shape index (κ3) is 3.77. The highest BCUT2D eigenvalue weighted by atomic mass is 32.1. The average Bonchev–Trinajstić information content (AvgIpc) is 3.37. The lowest BCUT2D eigenvalue weighted by atomic mass is 10.0. The van der Waals surface area contributed by atoms with Gasteiger partial charge in [0, 0.05) is 43.9 Å². The van der Waals surface area contributed by atoms with Gasteiger partial charge in [-0.25, -0.2) is 0 Å². The number of benzene rings is 1. The summed E-state index contributed by atoms with van der Waals surface area (Å²) in [6, 6.07) is 16.0. The van der Waals surface area contributed by atoms with Crippen molar-refractivity contribution in [2.45, 2.75) is 12.1 Å². The molecule has 0 saturated carbocycles. The molecule has 2 aromatic heterocycles. The number of nitro groups is 1. The van der Waals surface area contributed by atoms with Crippen LogP contribution >= 0.6 is 12.2 Å². The van der Waals surface area contributed by atoms with Crippen LogP contribution < -0.4 is 5.32 Å². The molecule has 2 atom stereocenters. The van der Waals surface area contributed by atoms with Gasteiger partial charge in [-0.15, -0.1) is 0 Å². The second-order valence-corrected chi connectivity index (χ2v) is 7.28. The fraction of sp³-hybridized carbons (Fsp3) is 0.238. The summed E-state index contributed by atoms with van der Waals surface area (Å²) in [5, 5.41) is 15.3. The standard InChI is InChI=1S/C21H21N5O3S/c1-29-13-12-25-20(19(23-21(25)30)17-8-2-3-10-22-17)18-9-5-11-24(18)15-6-4-7-16(14-15)26(27)28/h2-11,14,19-20H,12-13H2,1H3,(H,23,30)/t19-,20+/m0/s1. The molecule has 0 radical (unpaired) electrons. The van der Waals surface area contributed by atoms with Crippen LogP contribution in [0.5, 0.6) is 0 Å². The molecule has 0 aliphatic carbocycles. The van der Waals surface area contributed by atoms with E-state index in [0.717, 1.165) is 11.4 Å². The predicted octanol–water partition coefficient (Wildman–Crippen LogP) is 3.40. The van der Waals surface area contributed by atoms with E-state index in [1.54, 1.807) is 25.4 Å². The molecule has 1 N–H and O–H groups in total. The second-order valence-electron chi connectivity index (χ2n) is 6.89. The lowest BCUT2D eigenvalue weighted by Crippen LogP contribution is -2.33. The van der Waals surface area contributed by atoms with Crippen LogP contribution in [0.1, 0.15) is 23.5 Å². The topological polar surface area (TPSA) is 85.5 Å². The average molecular weight is 423 g/mol. The van der Waals surface area contributed by atoms with E-state index in [4.69, 9.17) is 17.0 Å². The highest BCUT2D eigenvalue weighted by Crippen LogP contribution is 2.39. The first-order chi connectivity index (χ1) is 14.6. The van der Waals surface area contributed by atoms with E-state index in [2.05, 4.69) is 15.2 Å². The van der Waals surface area contributed by atoms with Crippen molar-refractivity contribution in [2.24, 2.45) is 0 Å². The Bertz CT molecular complexity index is 1060. The van der Waals surface area contributed by atoms with Crippen molar-refractivity contribution in [3.05, 3.63) is 88.5 Å². The number of rotatable bonds is 7. The first-order valence-electron chi connectivity index (χ1n) is 9.49. The smallest absolute Gasteiger partial charge is 0.271 e. The van der Waals surface area contributed by atoms with Crippen molar-refractivity contribution < 1.29 is 9.66 Å². The second kappa shape index (κ2) is 8.60. The maximum absolute atomic E-state index is 11.3. The van der Waals surface area contributed by atoms with E-state index in [1.807, 2.05) is 47.2 Å². The minimum atomic E-state index is -0.388. The molecule has 154 valence electrons. The molecule has 1 aliphatic heterocycles. The van der Waals surface area contributed by atoms with E-state index in [1.165, 1.54) is 6.07 Å². The zero-order valence-electron chi connectivity index (χ0n) is 16.3. The molecule has 9 heteroatoms. The van der Waals surface area contributed by atoms with Crippen LogP contribution in [0.4, 0.5) is 5.69 Å². The van der Waals surface area contributed by atoms with Gasteiger partial charge in [0.25, 0.3) is 5.69 Å². The maximum Gasteiger partial charge on any atom is 0.271 e. The molecule has 0 spiro atoms. The Hall–Kier alpha value is -3.30. The fourth-order valence-electron chi connectivity index (χ4n) is 3.78. The number of nitro benzene ring substituents is 1. The Morgan fingerprint density at radius 2 is 2.10 bits per heavy atom. The van der Waals surface area contributed by atoms with E-state index in [-0.39, 0.29) is 22.7 Å². The zero-order valence-corrected chi connectivity index (χ0v) is 17.2. The van der Waals surface area contributed by atoms with Gasteiger partial charge >= 0.3 is 0 Å². The summed E-state index contributed by atoms with van der Waals surface area (Å²) < 4.78 is 7.25. The van der Waals surface area contributed by atoms with Crippen molar-refractivity contribution in [3.63, 3.8) is 0 Å². The normalized spacial score (nSPS) is 18.4. The van der Waals surface area contributed by atoms with Gasteiger partial charge in [-0.05, 0) is 42.5 Å². The Kier molecular flexibility index (Phi) is 5.73. The van der Waals surface area contributed by atoms with Gasteiger partial charge in [-0.1, -0.05) is 12.1 Å². The number of non-ortho nitro benzene ring substituents is 1. The number of hydrogen-bond donors (Lipinski definition) is 1. The van der Waals surface area contributed by atoms with Crippen LogP contribution in [0.2, 0.25) is 0 Å². The first-order valence-corrected chi connectivity index (χ1v) is 9.90. The quantitative estimate of drug-likeness (QED) is 0.354. The van der Waals surface area contributed by atoms with Crippen LogP contribution in [-0.4, -0.2) is 44.7 Å². The molecular formula is C21H21N5O3S. The van der Waals surface area contributed by atoms with Crippen molar-refractivity contribution in [1.82, 2.24) is 19.8 Å². The summed E-state index contributed by atoms with van der Waals surface area (Å²) in [5.74, 6) is 0. The fourth-order valence-corrected chi connectivity index (χ4v) is 4.12. The molecule has 3 aromatic rings. The van der Waals surface area contributed by atoms with Gasteiger partial charge in [0.15, 0.2) is 5.11 Å². The number of nitrogens with one attached hydrogen (secondary N) is 1. The minimum absolute atomic E-state index is 0.0460. The lowest BCUT2D eigenvalue weighted by Gasteiger charge is -2.28. The van der Waals surface area contributed by atoms with Gasteiger partial charge in [0.05, 0.1) is 35.0 Å². The highest BCUT2D eigenvalue weighted by Gasteiger charge is 2.41. The number of thiocarbonyl (C=S) groups is 1. The Labute approximate surface area is 179 Å². The summed E-state index contributed by atoms with van der Waals surface area (Å²) in [6.07, 6.45) is 3.66. The van der Waals surface area contributed by atoms with Crippen molar-refractivity contribution in [2.75, 3.05) is 20.3 Å². The molecular weight excluding hydrogens is 402 g/mol. The van der Waals surface area contributed by atoms with Gasteiger partial charge in [-0.3, -0.25) is 15.1 Å². The maximum atomic E-state index is 11.3. The van der Waals surface area contributed by atoms with Gasteiger partial charge in [0.2, 0.25) is 0 Å². The number of aromatic nitrogens is 2. The zero-order chi connectivity index (χ0) is 21.1. The minimum Gasteiger partial charge on any atom is -0.383 e. The highest BCUT2D eigenvalue weighted by molar-refractivity contribution is 7.80. The summed E-state index contributed by atoms with van der Waals surface area (Å²) in [7, 11) is 1.66. The summed E-state index contributed by atoms with van der Waals surface area (Å²) >= 11 is 5.63. The number of nitrogens with zero attached hydrogens (tertiary/aromatic N) is 4. The van der Waals surface area contributed by atoms with Crippen LogP contribution in [0.15, 0.2) is 67.0 Å². The van der Waals surface area contributed by atoms with Crippen LogP contribution in [0, 0.1) is 10.1 Å². The van der Waals surface area contributed by atoms with Gasteiger partial charge in [0.1, 0.15) is 0 Å². The van der Waals surface area contributed by atoms with E-state index >= 15 is 0 Å². The molecule has 30 heavy (non-hydrogen) atoms. The summed E-state index contributed by atoms with van der Waals surface area (Å²) in [6.45, 7) is 1.13. The van der Waals surface area contributed by atoms with Crippen molar-refractivity contribution in [3.8, 4) is 5.69 Å². The molecule has 1 fully saturated rings. The van der Waals surface area contributed by atoms with Gasteiger partial charge in [-0.2, -0.15) is 0 Å². The molecule has 1 aromatic carbocycles.